The molecule has 1 atom stereocenters. The van der Waals surface area contributed by atoms with Crippen LogP contribution in [0.15, 0.2) is 0 Å². The van der Waals surface area contributed by atoms with E-state index in [1.54, 1.807) is 0 Å². The average Bonchev–Trinajstić information content (AvgIpc) is 2.04. The Morgan fingerprint density at radius 3 is 2.38 bits per heavy atom. The standard InChI is InChI=1S/C7H16N2O3S/c1-3-5-6(8)7(10)9-13(11,12)4-2/h6H,3-5,8H2,1-2H3,(H,9,10)/t6-/m0/s1. The molecule has 0 aromatic carbocycles. The highest BCUT2D eigenvalue weighted by atomic mass is 32.2. The van der Waals surface area contributed by atoms with Crippen LogP contribution in [0.1, 0.15) is 26.7 Å². The summed E-state index contributed by atoms with van der Waals surface area (Å²) in [6.07, 6.45) is 1.24. The number of nitrogens with one attached hydrogen (secondary N) is 1. The number of sulfonamides is 1. The van der Waals surface area contributed by atoms with Gasteiger partial charge in [0.2, 0.25) is 15.9 Å². The van der Waals surface area contributed by atoms with Crippen LogP contribution in [0, 0.1) is 0 Å². The van der Waals surface area contributed by atoms with Crippen LogP contribution in [0.4, 0.5) is 0 Å². The van der Waals surface area contributed by atoms with Crippen molar-refractivity contribution in [3.05, 3.63) is 0 Å². The molecule has 6 heteroatoms. The quantitative estimate of drug-likeness (QED) is 0.642. The van der Waals surface area contributed by atoms with Gasteiger partial charge in [-0.15, -0.1) is 0 Å². The summed E-state index contributed by atoms with van der Waals surface area (Å²) < 4.78 is 23.8. The lowest BCUT2D eigenvalue weighted by atomic mass is 10.2. The maximum absolute atomic E-state index is 11.1. The number of rotatable bonds is 5. The second kappa shape index (κ2) is 5.18. The first-order chi connectivity index (χ1) is 5.93. The molecule has 0 aliphatic carbocycles. The van der Waals surface area contributed by atoms with Crippen LogP contribution in [0.25, 0.3) is 0 Å². The molecule has 0 saturated heterocycles. The molecule has 0 heterocycles. The molecule has 0 bridgehead atoms. The van der Waals surface area contributed by atoms with E-state index in [4.69, 9.17) is 5.73 Å². The zero-order chi connectivity index (χ0) is 10.5. The monoisotopic (exact) mass is 208 g/mol. The number of nitrogens with two attached hydrogens (primary N) is 1. The third-order valence-electron chi connectivity index (χ3n) is 1.57. The minimum Gasteiger partial charge on any atom is -0.320 e. The van der Waals surface area contributed by atoms with E-state index in [1.165, 1.54) is 6.92 Å². The first-order valence-corrected chi connectivity index (χ1v) is 5.88. The van der Waals surface area contributed by atoms with Gasteiger partial charge in [-0.3, -0.25) is 9.52 Å². The van der Waals surface area contributed by atoms with Gasteiger partial charge in [0, 0.05) is 0 Å². The van der Waals surface area contributed by atoms with Crippen molar-refractivity contribution in [2.24, 2.45) is 5.73 Å². The lowest BCUT2D eigenvalue weighted by molar-refractivity contribution is -0.120. The van der Waals surface area contributed by atoms with E-state index < -0.39 is 22.0 Å². The summed E-state index contributed by atoms with van der Waals surface area (Å²) in [6.45, 7) is 3.34. The van der Waals surface area contributed by atoms with Gasteiger partial charge >= 0.3 is 0 Å². The fourth-order valence-corrected chi connectivity index (χ4v) is 1.35. The van der Waals surface area contributed by atoms with Crippen molar-refractivity contribution in [3.8, 4) is 0 Å². The van der Waals surface area contributed by atoms with Crippen molar-refractivity contribution in [2.45, 2.75) is 32.7 Å². The van der Waals surface area contributed by atoms with Crippen LogP contribution in [-0.2, 0) is 14.8 Å². The highest BCUT2D eigenvalue weighted by molar-refractivity contribution is 7.90. The summed E-state index contributed by atoms with van der Waals surface area (Å²) >= 11 is 0. The van der Waals surface area contributed by atoms with Gasteiger partial charge < -0.3 is 5.73 Å². The molecule has 0 spiro atoms. The maximum Gasteiger partial charge on any atom is 0.250 e. The third kappa shape index (κ3) is 4.84. The Morgan fingerprint density at radius 2 is 2.00 bits per heavy atom. The lowest BCUT2D eigenvalue weighted by Crippen LogP contribution is -2.43. The predicted molar refractivity (Wildman–Crippen MR) is 50.5 cm³/mol. The highest BCUT2D eigenvalue weighted by Crippen LogP contribution is 1.94. The maximum atomic E-state index is 11.1. The minimum absolute atomic E-state index is 0.114. The molecule has 78 valence electrons. The van der Waals surface area contributed by atoms with Crippen molar-refractivity contribution in [1.29, 1.82) is 0 Å². The summed E-state index contributed by atoms with van der Waals surface area (Å²) in [6, 6.07) is -0.730. The highest BCUT2D eigenvalue weighted by Gasteiger charge is 2.17. The van der Waals surface area contributed by atoms with E-state index in [9.17, 15) is 13.2 Å². The normalized spacial score (nSPS) is 13.8. The second-order valence-corrected chi connectivity index (χ2v) is 4.78. The largest absolute Gasteiger partial charge is 0.320 e. The number of carbonyl (C=O) groups is 1. The minimum atomic E-state index is -3.46. The summed E-state index contributed by atoms with van der Waals surface area (Å²) in [5, 5.41) is 0. The van der Waals surface area contributed by atoms with E-state index in [0.717, 1.165) is 6.42 Å². The van der Waals surface area contributed by atoms with E-state index in [2.05, 4.69) is 0 Å². The van der Waals surface area contributed by atoms with Crippen LogP contribution in [0.3, 0.4) is 0 Å². The lowest BCUT2D eigenvalue weighted by Gasteiger charge is -2.10. The van der Waals surface area contributed by atoms with Crippen molar-refractivity contribution in [3.63, 3.8) is 0 Å². The zero-order valence-electron chi connectivity index (χ0n) is 7.91. The van der Waals surface area contributed by atoms with Crippen LogP contribution in [-0.4, -0.2) is 26.1 Å². The zero-order valence-corrected chi connectivity index (χ0v) is 8.73. The second-order valence-electron chi connectivity index (χ2n) is 2.76. The summed E-state index contributed by atoms with van der Waals surface area (Å²) in [5.41, 5.74) is 5.41. The van der Waals surface area contributed by atoms with Crippen LogP contribution in [0.2, 0.25) is 0 Å². The van der Waals surface area contributed by atoms with Crippen LogP contribution >= 0.6 is 0 Å². The Kier molecular flexibility index (Phi) is 4.94. The molecular formula is C7H16N2O3S. The molecule has 13 heavy (non-hydrogen) atoms. The number of hydrogen-bond acceptors (Lipinski definition) is 4. The molecular weight excluding hydrogens is 192 g/mol. The molecule has 0 aromatic heterocycles. The topological polar surface area (TPSA) is 89.3 Å². The van der Waals surface area contributed by atoms with Gasteiger partial charge in [-0.05, 0) is 13.3 Å². The third-order valence-corrected chi connectivity index (χ3v) is 2.84. The van der Waals surface area contributed by atoms with Crippen LogP contribution in [0.5, 0.6) is 0 Å². The van der Waals surface area contributed by atoms with Crippen LogP contribution < -0.4 is 10.5 Å². The van der Waals surface area contributed by atoms with Gasteiger partial charge in [-0.1, -0.05) is 13.3 Å². The van der Waals surface area contributed by atoms with Gasteiger partial charge in [-0.2, -0.15) is 0 Å². The van der Waals surface area contributed by atoms with E-state index >= 15 is 0 Å². The number of hydrogen-bond donors (Lipinski definition) is 2. The molecule has 0 radical (unpaired) electrons. The molecule has 0 aromatic rings. The molecule has 0 fully saturated rings. The molecule has 3 N–H and O–H groups in total. The van der Waals surface area contributed by atoms with Gasteiger partial charge in [0.1, 0.15) is 0 Å². The summed E-state index contributed by atoms with van der Waals surface area (Å²) in [4.78, 5) is 11.1. The number of carbonyl (C=O) groups excluding carboxylic acids is 1. The molecule has 1 amide bonds. The Labute approximate surface area is 78.7 Å². The van der Waals surface area contributed by atoms with Crippen molar-refractivity contribution < 1.29 is 13.2 Å². The van der Waals surface area contributed by atoms with E-state index in [1.807, 2.05) is 11.6 Å². The molecule has 0 aliphatic rings. The van der Waals surface area contributed by atoms with E-state index in [0.29, 0.717) is 6.42 Å². The summed E-state index contributed by atoms with van der Waals surface area (Å²) in [7, 11) is -3.46. The van der Waals surface area contributed by atoms with Crippen molar-refractivity contribution in [1.82, 2.24) is 4.72 Å². The predicted octanol–water partition coefficient (Wildman–Crippen LogP) is -0.420. The Hall–Kier alpha value is -0.620. The molecule has 0 aliphatic heterocycles. The number of amides is 1. The Balaban J connectivity index is 4.16. The Morgan fingerprint density at radius 1 is 1.46 bits per heavy atom. The SMILES string of the molecule is CCC[C@H](N)C(=O)NS(=O)(=O)CC. The average molecular weight is 208 g/mol. The molecule has 0 unspecified atom stereocenters. The fraction of sp³-hybridized carbons (Fsp3) is 0.857. The first-order valence-electron chi connectivity index (χ1n) is 4.22. The summed E-state index contributed by atoms with van der Waals surface area (Å²) in [5.74, 6) is -0.735. The van der Waals surface area contributed by atoms with Crippen molar-refractivity contribution in [2.75, 3.05) is 5.75 Å². The van der Waals surface area contributed by atoms with Gasteiger partial charge in [0.15, 0.2) is 0 Å². The first kappa shape index (κ1) is 12.4. The van der Waals surface area contributed by atoms with Gasteiger partial charge in [0.05, 0.1) is 11.8 Å². The van der Waals surface area contributed by atoms with Gasteiger partial charge in [-0.25, -0.2) is 8.42 Å². The van der Waals surface area contributed by atoms with Gasteiger partial charge in [0.25, 0.3) is 0 Å². The molecule has 0 rings (SSSR count). The van der Waals surface area contributed by atoms with E-state index in [-0.39, 0.29) is 5.75 Å². The molecule has 0 saturated carbocycles. The fourth-order valence-electron chi connectivity index (χ4n) is 0.743. The Bertz CT molecular complexity index is 261. The smallest absolute Gasteiger partial charge is 0.250 e. The van der Waals surface area contributed by atoms with Crippen molar-refractivity contribution >= 4 is 15.9 Å². The molecule has 5 nitrogen and oxygen atoms in total.